The second-order valence-corrected chi connectivity index (χ2v) is 7.11. The fourth-order valence-corrected chi connectivity index (χ4v) is 3.73. The summed E-state index contributed by atoms with van der Waals surface area (Å²) in [5.41, 5.74) is 6.66. The van der Waals surface area contributed by atoms with Gasteiger partial charge in [-0.2, -0.15) is 0 Å². The van der Waals surface area contributed by atoms with Gasteiger partial charge in [0.05, 0.1) is 10.6 Å². The predicted octanol–water partition coefficient (Wildman–Crippen LogP) is 3.43. The zero-order valence-electron chi connectivity index (χ0n) is 12.6. The van der Waals surface area contributed by atoms with Gasteiger partial charge >= 0.3 is 0 Å². The van der Waals surface area contributed by atoms with Gasteiger partial charge in [-0.15, -0.1) is 22.7 Å². The number of aromatic nitrogens is 1. The molecule has 0 saturated carbocycles. The molecule has 6 heteroatoms. The number of hydrogen-bond donors (Lipinski definition) is 2. The van der Waals surface area contributed by atoms with Crippen molar-refractivity contribution in [3.8, 4) is 9.88 Å². The molecule has 2 heterocycles. The molecule has 0 radical (unpaired) electrons. The Morgan fingerprint density at radius 1 is 1.43 bits per heavy atom. The summed E-state index contributed by atoms with van der Waals surface area (Å²) in [4.78, 5) is 18.6. The van der Waals surface area contributed by atoms with Crippen LogP contribution in [0, 0.1) is 6.92 Å². The Bertz CT molecular complexity index is 600. The molecule has 3 N–H and O–H groups in total. The van der Waals surface area contributed by atoms with Crippen LogP contribution in [-0.4, -0.2) is 23.0 Å². The van der Waals surface area contributed by atoms with Gasteiger partial charge in [0.25, 0.3) is 5.91 Å². The highest BCUT2D eigenvalue weighted by atomic mass is 32.1. The second kappa shape index (κ2) is 6.68. The molecule has 0 aliphatic heterocycles. The molecule has 0 unspecified atom stereocenters. The average molecular weight is 323 g/mol. The van der Waals surface area contributed by atoms with Crippen LogP contribution in [-0.2, 0) is 0 Å². The molecular formula is C15H21N3OS2. The van der Waals surface area contributed by atoms with Crippen molar-refractivity contribution in [1.29, 1.82) is 0 Å². The Balaban J connectivity index is 2.10. The van der Waals surface area contributed by atoms with E-state index in [1.165, 1.54) is 11.3 Å². The first-order valence-electron chi connectivity index (χ1n) is 7.07. The van der Waals surface area contributed by atoms with Crippen molar-refractivity contribution in [3.63, 3.8) is 0 Å². The molecule has 0 spiro atoms. The Hall–Kier alpha value is -1.24. The van der Waals surface area contributed by atoms with E-state index in [2.05, 4.69) is 10.3 Å². The molecule has 0 aliphatic carbocycles. The Labute approximate surface area is 133 Å². The Morgan fingerprint density at radius 2 is 2.14 bits per heavy atom. The topological polar surface area (TPSA) is 68.0 Å². The number of carbonyl (C=O) groups excluding carboxylic acids is 1. The summed E-state index contributed by atoms with van der Waals surface area (Å²) in [5, 5.41) is 5.86. The molecule has 0 aliphatic rings. The van der Waals surface area contributed by atoms with Crippen LogP contribution in [0.2, 0.25) is 0 Å². The lowest BCUT2D eigenvalue weighted by Gasteiger charge is -2.26. The lowest BCUT2D eigenvalue weighted by molar-refractivity contribution is 0.0945. The van der Waals surface area contributed by atoms with Gasteiger partial charge in [-0.25, -0.2) is 4.98 Å². The van der Waals surface area contributed by atoms with Crippen LogP contribution in [0.4, 0.5) is 0 Å². The normalized spacial score (nSPS) is 11.6. The van der Waals surface area contributed by atoms with E-state index in [9.17, 15) is 4.79 Å². The van der Waals surface area contributed by atoms with Gasteiger partial charge in [0.2, 0.25) is 0 Å². The van der Waals surface area contributed by atoms with Crippen LogP contribution in [0.25, 0.3) is 9.88 Å². The number of nitrogens with one attached hydrogen (secondary N) is 1. The molecule has 21 heavy (non-hydrogen) atoms. The third kappa shape index (κ3) is 3.70. The van der Waals surface area contributed by atoms with Gasteiger partial charge in [0.1, 0.15) is 9.88 Å². The van der Waals surface area contributed by atoms with E-state index in [0.29, 0.717) is 11.4 Å². The summed E-state index contributed by atoms with van der Waals surface area (Å²) in [6.07, 6.45) is 1.68. The minimum atomic E-state index is -0.329. The quantitative estimate of drug-likeness (QED) is 0.856. The third-order valence-electron chi connectivity index (χ3n) is 3.74. The molecule has 2 aromatic rings. The zero-order chi connectivity index (χ0) is 15.5. The lowest BCUT2D eigenvalue weighted by Crippen LogP contribution is -2.49. The maximum Gasteiger partial charge on any atom is 0.263 e. The maximum absolute atomic E-state index is 12.3. The van der Waals surface area contributed by atoms with Crippen LogP contribution in [0.1, 0.15) is 42.1 Å². The van der Waals surface area contributed by atoms with Crippen LogP contribution < -0.4 is 11.1 Å². The molecule has 0 atom stereocenters. The van der Waals surface area contributed by atoms with Crippen molar-refractivity contribution in [2.45, 2.75) is 39.2 Å². The van der Waals surface area contributed by atoms with Crippen LogP contribution in [0.5, 0.6) is 0 Å². The fourth-order valence-electron chi connectivity index (χ4n) is 1.95. The second-order valence-electron chi connectivity index (χ2n) is 5.16. The summed E-state index contributed by atoms with van der Waals surface area (Å²) in [7, 11) is 0. The van der Waals surface area contributed by atoms with Crippen molar-refractivity contribution >= 4 is 28.6 Å². The third-order valence-corrected chi connectivity index (χ3v) is 5.94. The molecule has 0 aromatic carbocycles. The first kappa shape index (κ1) is 16.1. The van der Waals surface area contributed by atoms with Gasteiger partial charge in [-0.1, -0.05) is 19.9 Å². The zero-order valence-corrected chi connectivity index (χ0v) is 14.2. The fraction of sp³-hybridized carbons (Fsp3) is 0.467. The average Bonchev–Trinajstić information content (AvgIpc) is 3.13. The summed E-state index contributed by atoms with van der Waals surface area (Å²) < 4.78 is 0. The highest BCUT2D eigenvalue weighted by molar-refractivity contribution is 7.22. The number of nitrogens with zero attached hydrogens (tertiary/aromatic N) is 1. The number of hydrogen-bond acceptors (Lipinski definition) is 5. The number of thiazole rings is 1. The molecular weight excluding hydrogens is 302 g/mol. The summed E-state index contributed by atoms with van der Waals surface area (Å²) >= 11 is 3.07. The molecule has 0 saturated heterocycles. The Morgan fingerprint density at radius 3 is 2.71 bits per heavy atom. The minimum absolute atomic E-state index is 0.0791. The monoisotopic (exact) mass is 323 g/mol. The van der Waals surface area contributed by atoms with Crippen molar-refractivity contribution in [2.24, 2.45) is 5.73 Å². The summed E-state index contributed by atoms with van der Waals surface area (Å²) in [6.45, 7) is 6.45. The SMILES string of the molecule is CCC(N)(CC)CNC(=O)c1sc(-c2cccs2)nc1C. The standard InChI is InChI=1S/C15H21N3OS2/c1-4-15(16,5-2)9-17-13(19)12-10(3)18-14(21-12)11-7-6-8-20-11/h6-8H,4-5,9,16H2,1-3H3,(H,17,19). The minimum Gasteiger partial charge on any atom is -0.349 e. The van der Waals surface area contributed by atoms with Crippen molar-refractivity contribution in [1.82, 2.24) is 10.3 Å². The highest BCUT2D eigenvalue weighted by Crippen LogP contribution is 2.31. The smallest absolute Gasteiger partial charge is 0.263 e. The molecule has 2 rings (SSSR count). The number of carbonyl (C=O) groups is 1. The highest BCUT2D eigenvalue weighted by Gasteiger charge is 2.23. The molecule has 4 nitrogen and oxygen atoms in total. The molecule has 1 amide bonds. The number of nitrogens with two attached hydrogens (primary N) is 1. The molecule has 114 valence electrons. The van der Waals surface area contributed by atoms with Gasteiger partial charge in [0, 0.05) is 12.1 Å². The molecule has 0 fully saturated rings. The van der Waals surface area contributed by atoms with Crippen LogP contribution in [0.3, 0.4) is 0 Å². The van der Waals surface area contributed by atoms with E-state index < -0.39 is 0 Å². The van der Waals surface area contributed by atoms with Crippen molar-refractivity contribution < 1.29 is 4.79 Å². The number of rotatable bonds is 6. The molecule has 0 bridgehead atoms. The predicted molar refractivity (Wildman–Crippen MR) is 90.0 cm³/mol. The summed E-state index contributed by atoms with van der Waals surface area (Å²) in [5.74, 6) is -0.0791. The Kier molecular flexibility index (Phi) is 5.13. The van der Waals surface area contributed by atoms with Crippen LogP contribution >= 0.6 is 22.7 Å². The van der Waals surface area contributed by atoms with E-state index in [4.69, 9.17) is 5.73 Å². The van der Waals surface area contributed by atoms with Crippen molar-refractivity contribution in [3.05, 3.63) is 28.1 Å². The number of thiophene rings is 1. The maximum atomic E-state index is 12.3. The van der Waals surface area contributed by atoms with E-state index in [1.807, 2.05) is 38.3 Å². The van der Waals surface area contributed by atoms with Gasteiger partial charge in [0.15, 0.2) is 0 Å². The van der Waals surface area contributed by atoms with Gasteiger partial charge in [-0.05, 0) is 31.2 Å². The van der Waals surface area contributed by atoms with E-state index in [0.717, 1.165) is 28.4 Å². The van der Waals surface area contributed by atoms with E-state index in [-0.39, 0.29) is 11.4 Å². The van der Waals surface area contributed by atoms with Crippen molar-refractivity contribution in [2.75, 3.05) is 6.54 Å². The number of aryl methyl sites for hydroxylation is 1. The van der Waals surface area contributed by atoms with Crippen LogP contribution in [0.15, 0.2) is 17.5 Å². The number of amides is 1. The first-order chi connectivity index (χ1) is 9.99. The summed E-state index contributed by atoms with van der Waals surface area (Å²) in [6, 6.07) is 4.01. The largest absolute Gasteiger partial charge is 0.349 e. The first-order valence-corrected chi connectivity index (χ1v) is 8.77. The molecule has 2 aromatic heterocycles. The lowest BCUT2D eigenvalue weighted by atomic mass is 9.94. The van der Waals surface area contributed by atoms with Gasteiger partial charge < -0.3 is 11.1 Å². The van der Waals surface area contributed by atoms with Gasteiger partial charge in [-0.3, -0.25) is 4.79 Å². The van der Waals surface area contributed by atoms with E-state index >= 15 is 0 Å². The van der Waals surface area contributed by atoms with E-state index in [1.54, 1.807) is 11.3 Å².